The third-order valence-corrected chi connectivity index (χ3v) is 5.38. The fourth-order valence-electron chi connectivity index (χ4n) is 3.02. The summed E-state index contributed by atoms with van der Waals surface area (Å²) in [5.41, 5.74) is 1.05. The van der Waals surface area contributed by atoms with Gasteiger partial charge in [0.1, 0.15) is 0 Å². The predicted molar refractivity (Wildman–Crippen MR) is 88.7 cm³/mol. The molecule has 1 saturated carbocycles. The molecule has 1 aliphatic carbocycles. The first-order valence-corrected chi connectivity index (χ1v) is 8.97. The van der Waals surface area contributed by atoms with Gasteiger partial charge in [-0.25, -0.2) is 4.98 Å². The minimum absolute atomic E-state index is 0.0595. The van der Waals surface area contributed by atoms with Gasteiger partial charge in [-0.15, -0.1) is 11.3 Å². The Morgan fingerprint density at radius 1 is 1.38 bits per heavy atom. The maximum Gasteiger partial charge on any atom is 0.225 e. The van der Waals surface area contributed by atoms with Gasteiger partial charge >= 0.3 is 0 Å². The lowest BCUT2D eigenvalue weighted by molar-refractivity contribution is -0.116. The molecule has 21 heavy (non-hydrogen) atoms. The van der Waals surface area contributed by atoms with E-state index in [9.17, 15) is 4.79 Å². The number of nitrogens with zero attached hydrogens (tertiary/aromatic N) is 2. The molecule has 1 N–H and O–H groups in total. The van der Waals surface area contributed by atoms with Gasteiger partial charge in [0, 0.05) is 31.4 Å². The monoisotopic (exact) mass is 309 g/mol. The normalized spacial score (nSPS) is 22.2. The van der Waals surface area contributed by atoms with Crippen LogP contribution in [0.5, 0.6) is 0 Å². The van der Waals surface area contributed by atoms with E-state index in [1.54, 1.807) is 23.2 Å². The molecule has 1 aromatic heterocycles. The lowest BCUT2D eigenvalue weighted by atomic mass is 9.84. The highest BCUT2D eigenvalue weighted by atomic mass is 32.1. The molecule has 1 aromatic rings. The summed E-state index contributed by atoms with van der Waals surface area (Å²) in [7, 11) is 0. The van der Waals surface area contributed by atoms with Gasteiger partial charge in [-0.2, -0.15) is 0 Å². The van der Waals surface area contributed by atoms with Gasteiger partial charge in [-0.05, 0) is 38.5 Å². The van der Waals surface area contributed by atoms with Gasteiger partial charge in [0.2, 0.25) is 5.91 Å². The van der Waals surface area contributed by atoms with E-state index in [4.69, 9.17) is 0 Å². The highest BCUT2D eigenvalue weighted by Gasteiger charge is 2.20. The second-order valence-corrected chi connectivity index (χ2v) is 6.73. The van der Waals surface area contributed by atoms with Crippen molar-refractivity contribution in [2.75, 3.05) is 11.4 Å². The summed E-state index contributed by atoms with van der Waals surface area (Å²) in [4.78, 5) is 17.8. The molecule has 1 heterocycles. The zero-order valence-corrected chi connectivity index (χ0v) is 14.2. The van der Waals surface area contributed by atoms with Crippen molar-refractivity contribution < 1.29 is 4.79 Å². The molecule has 0 aromatic carbocycles. The summed E-state index contributed by atoms with van der Waals surface area (Å²) in [5.74, 6) is 0.992. The number of nitrogens with one attached hydrogen (secondary N) is 1. The fourth-order valence-corrected chi connectivity index (χ4v) is 3.95. The third-order valence-electron chi connectivity index (χ3n) is 4.46. The quantitative estimate of drug-likeness (QED) is 0.873. The summed E-state index contributed by atoms with van der Waals surface area (Å²) in [6.45, 7) is 7.36. The Morgan fingerprint density at radius 3 is 2.67 bits per heavy atom. The van der Waals surface area contributed by atoms with Crippen molar-refractivity contribution in [3.63, 3.8) is 0 Å². The first-order chi connectivity index (χ1) is 10.1. The second kappa shape index (κ2) is 7.90. The molecule has 0 bridgehead atoms. The number of thiazole rings is 1. The maximum absolute atomic E-state index is 11.5. The van der Waals surface area contributed by atoms with Crippen molar-refractivity contribution >= 4 is 22.4 Å². The Hall–Kier alpha value is -0.940. The Morgan fingerprint density at radius 2 is 2.10 bits per heavy atom. The van der Waals surface area contributed by atoms with E-state index in [2.05, 4.69) is 22.6 Å². The van der Waals surface area contributed by atoms with Crippen LogP contribution in [0.3, 0.4) is 0 Å². The Labute approximate surface area is 132 Å². The molecule has 1 aliphatic rings. The molecule has 5 heteroatoms. The van der Waals surface area contributed by atoms with Crippen LogP contribution in [-0.4, -0.2) is 23.5 Å². The van der Waals surface area contributed by atoms with E-state index < -0.39 is 0 Å². The molecule has 0 spiro atoms. The fraction of sp³-hybridized carbons (Fsp3) is 0.750. The van der Waals surface area contributed by atoms with E-state index >= 15 is 0 Å². The smallest absolute Gasteiger partial charge is 0.225 e. The van der Waals surface area contributed by atoms with Crippen LogP contribution in [-0.2, 0) is 11.3 Å². The Bertz CT molecular complexity index is 452. The molecule has 0 atom stereocenters. The number of carbonyl (C=O) groups excluding carboxylic acids is 1. The number of rotatable bonds is 6. The SMILES string of the molecule is CCC1CCC(NCc2csc(N(CC)C(C)=O)n2)CC1. The third kappa shape index (κ3) is 4.51. The van der Waals surface area contributed by atoms with Gasteiger partial charge in [-0.3, -0.25) is 9.69 Å². The highest BCUT2D eigenvalue weighted by Crippen LogP contribution is 2.27. The van der Waals surface area contributed by atoms with Crippen molar-refractivity contribution in [2.24, 2.45) is 5.92 Å². The van der Waals surface area contributed by atoms with Gasteiger partial charge in [0.15, 0.2) is 5.13 Å². The number of aromatic nitrogens is 1. The lowest BCUT2D eigenvalue weighted by Crippen LogP contribution is -2.32. The van der Waals surface area contributed by atoms with Crippen LogP contribution >= 0.6 is 11.3 Å². The number of hydrogen-bond acceptors (Lipinski definition) is 4. The van der Waals surface area contributed by atoms with E-state index in [0.29, 0.717) is 12.6 Å². The van der Waals surface area contributed by atoms with Gasteiger partial charge in [-0.1, -0.05) is 13.3 Å². The molecule has 0 aliphatic heterocycles. The van der Waals surface area contributed by atoms with E-state index in [1.807, 2.05) is 6.92 Å². The molecule has 118 valence electrons. The number of anilines is 1. The first kappa shape index (κ1) is 16.4. The van der Waals surface area contributed by atoms with E-state index in [-0.39, 0.29) is 5.91 Å². The van der Waals surface area contributed by atoms with Gasteiger partial charge in [0.05, 0.1) is 5.69 Å². The Kier molecular flexibility index (Phi) is 6.18. The lowest BCUT2D eigenvalue weighted by Gasteiger charge is -2.28. The van der Waals surface area contributed by atoms with Crippen molar-refractivity contribution in [2.45, 2.75) is 65.5 Å². The zero-order chi connectivity index (χ0) is 15.2. The number of amides is 1. The van der Waals surface area contributed by atoms with Gasteiger partial charge in [0.25, 0.3) is 0 Å². The summed E-state index contributed by atoms with van der Waals surface area (Å²) < 4.78 is 0. The van der Waals surface area contributed by atoms with Crippen molar-refractivity contribution in [1.29, 1.82) is 0 Å². The number of hydrogen-bond donors (Lipinski definition) is 1. The predicted octanol–water partition coefficient (Wildman–Crippen LogP) is 3.57. The standard InChI is InChI=1S/C16H27N3OS/c1-4-13-6-8-14(9-7-13)17-10-15-11-21-16(18-15)19(5-2)12(3)20/h11,13-14,17H,4-10H2,1-3H3. The van der Waals surface area contributed by atoms with E-state index in [1.165, 1.54) is 32.1 Å². The van der Waals surface area contributed by atoms with Crippen LogP contribution in [0.4, 0.5) is 5.13 Å². The minimum atomic E-state index is 0.0595. The molecule has 1 fully saturated rings. The average molecular weight is 309 g/mol. The highest BCUT2D eigenvalue weighted by molar-refractivity contribution is 7.14. The number of carbonyl (C=O) groups is 1. The zero-order valence-electron chi connectivity index (χ0n) is 13.4. The molecular weight excluding hydrogens is 282 g/mol. The molecule has 0 saturated heterocycles. The topological polar surface area (TPSA) is 45.2 Å². The molecule has 0 radical (unpaired) electrons. The first-order valence-electron chi connectivity index (χ1n) is 8.09. The maximum atomic E-state index is 11.5. The average Bonchev–Trinajstić information content (AvgIpc) is 2.94. The van der Waals surface area contributed by atoms with Crippen LogP contribution in [0.25, 0.3) is 0 Å². The summed E-state index contributed by atoms with van der Waals surface area (Å²) >= 11 is 1.56. The van der Waals surface area contributed by atoms with Crippen LogP contribution in [0, 0.1) is 5.92 Å². The molecule has 0 unspecified atom stereocenters. The Balaban J connectivity index is 1.82. The molecular formula is C16H27N3OS. The second-order valence-electron chi connectivity index (χ2n) is 5.89. The molecule has 4 nitrogen and oxygen atoms in total. The van der Waals surface area contributed by atoms with Crippen LogP contribution in [0.2, 0.25) is 0 Å². The van der Waals surface area contributed by atoms with Crippen LogP contribution in [0.1, 0.15) is 58.6 Å². The van der Waals surface area contributed by atoms with Crippen molar-refractivity contribution in [3.05, 3.63) is 11.1 Å². The molecule has 2 rings (SSSR count). The largest absolute Gasteiger partial charge is 0.308 e. The minimum Gasteiger partial charge on any atom is -0.308 e. The van der Waals surface area contributed by atoms with Crippen molar-refractivity contribution in [1.82, 2.24) is 10.3 Å². The van der Waals surface area contributed by atoms with Gasteiger partial charge < -0.3 is 5.32 Å². The summed E-state index contributed by atoms with van der Waals surface area (Å²) in [6, 6.07) is 0.632. The summed E-state index contributed by atoms with van der Waals surface area (Å²) in [5, 5.41) is 6.50. The summed E-state index contributed by atoms with van der Waals surface area (Å²) in [6.07, 6.45) is 6.59. The van der Waals surface area contributed by atoms with E-state index in [0.717, 1.165) is 23.3 Å². The molecule has 1 amide bonds. The van der Waals surface area contributed by atoms with Crippen LogP contribution in [0.15, 0.2) is 5.38 Å². The van der Waals surface area contributed by atoms with Crippen LogP contribution < -0.4 is 10.2 Å². The van der Waals surface area contributed by atoms with Crippen molar-refractivity contribution in [3.8, 4) is 0 Å².